The van der Waals surface area contributed by atoms with Gasteiger partial charge in [0.25, 0.3) is 0 Å². The van der Waals surface area contributed by atoms with Crippen LogP contribution in [0.1, 0.15) is 26.3 Å². The number of nitrogens with one attached hydrogen (secondary N) is 1. The third-order valence-corrected chi connectivity index (χ3v) is 3.38. The molecule has 0 bridgehead atoms. The highest BCUT2D eigenvalue weighted by Gasteiger charge is 2.13. The smallest absolute Gasteiger partial charge is 0.139 e. The molecule has 2 rings (SSSR count). The number of rotatable bonds is 3. The molecule has 3 nitrogen and oxygen atoms in total. The van der Waals surface area contributed by atoms with Gasteiger partial charge in [0.2, 0.25) is 0 Å². The molecule has 1 heterocycles. The molecule has 0 amide bonds. The summed E-state index contributed by atoms with van der Waals surface area (Å²) in [5.41, 5.74) is 1.80. The fraction of sp³-hybridized carbons (Fsp3) is 0.357. The Labute approximate surface area is 121 Å². The molecule has 2 aromatic rings. The largest absolute Gasteiger partial charge is 0.381 e. The van der Waals surface area contributed by atoms with Crippen LogP contribution in [0.15, 0.2) is 35.1 Å². The van der Waals surface area contributed by atoms with Crippen molar-refractivity contribution >= 4 is 21.6 Å². The predicted octanol–water partition coefficient (Wildman–Crippen LogP) is 4.15. The first-order chi connectivity index (χ1) is 8.86. The van der Waals surface area contributed by atoms with Gasteiger partial charge in [-0.15, -0.1) is 0 Å². The summed E-state index contributed by atoms with van der Waals surface area (Å²) in [5.74, 6) is -0.268. The molecule has 0 aliphatic carbocycles. The lowest BCUT2D eigenvalue weighted by molar-refractivity contribution is 0.355. The molecule has 0 fully saturated rings. The molecular weight excluding hydrogens is 309 g/mol. The number of benzene rings is 1. The molecule has 0 aliphatic rings. The maximum absolute atomic E-state index is 13.4. The van der Waals surface area contributed by atoms with Crippen molar-refractivity contribution < 1.29 is 4.39 Å². The van der Waals surface area contributed by atoms with Gasteiger partial charge in [0, 0.05) is 24.0 Å². The molecule has 1 aromatic heterocycles. The van der Waals surface area contributed by atoms with Crippen molar-refractivity contribution in [3.8, 4) is 0 Å². The van der Waals surface area contributed by atoms with E-state index in [0.717, 1.165) is 11.3 Å². The van der Waals surface area contributed by atoms with Crippen LogP contribution in [0.4, 0.5) is 10.1 Å². The van der Waals surface area contributed by atoms with E-state index in [4.69, 9.17) is 0 Å². The lowest BCUT2D eigenvalue weighted by Gasteiger charge is -2.18. The van der Waals surface area contributed by atoms with Gasteiger partial charge in [0.15, 0.2) is 0 Å². The van der Waals surface area contributed by atoms with Crippen LogP contribution in [0.25, 0.3) is 0 Å². The minimum atomic E-state index is -0.268. The summed E-state index contributed by atoms with van der Waals surface area (Å²) in [4.78, 5) is 0. The van der Waals surface area contributed by atoms with Gasteiger partial charge in [-0.2, -0.15) is 5.10 Å². The zero-order valence-corrected chi connectivity index (χ0v) is 12.8. The van der Waals surface area contributed by atoms with Crippen molar-refractivity contribution in [1.29, 1.82) is 0 Å². The molecule has 102 valence electrons. The standard InChI is InChI=1S/C14H17BrFN3/c1-14(2,3)19-9-10(8-18-19)7-17-11-4-5-12(15)13(16)6-11/h4-6,8-9,17H,7H2,1-3H3. The molecule has 1 N–H and O–H groups in total. The second kappa shape index (κ2) is 5.33. The minimum absolute atomic E-state index is 0.0258. The van der Waals surface area contributed by atoms with E-state index in [1.165, 1.54) is 6.07 Å². The van der Waals surface area contributed by atoms with Crippen LogP contribution < -0.4 is 5.32 Å². The van der Waals surface area contributed by atoms with E-state index in [2.05, 4.69) is 47.1 Å². The van der Waals surface area contributed by atoms with Crippen LogP contribution in [-0.2, 0) is 12.1 Å². The maximum Gasteiger partial charge on any atom is 0.139 e. The van der Waals surface area contributed by atoms with Gasteiger partial charge in [-0.25, -0.2) is 4.39 Å². The van der Waals surface area contributed by atoms with Gasteiger partial charge in [0.05, 0.1) is 16.2 Å². The van der Waals surface area contributed by atoms with E-state index in [1.54, 1.807) is 6.07 Å². The Bertz CT molecular complexity index is 572. The molecule has 0 unspecified atom stereocenters. The second-order valence-electron chi connectivity index (χ2n) is 5.45. The molecule has 5 heteroatoms. The van der Waals surface area contributed by atoms with Crippen LogP contribution in [0.2, 0.25) is 0 Å². The average molecular weight is 326 g/mol. The Morgan fingerprint density at radius 3 is 2.68 bits per heavy atom. The maximum atomic E-state index is 13.4. The molecule has 0 atom stereocenters. The third kappa shape index (κ3) is 3.56. The highest BCUT2D eigenvalue weighted by atomic mass is 79.9. The SMILES string of the molecule is CC(C)(C)n1cc(CNc2ccc(Br)c(F)c2)cn1. The van der Waals surface area contributed by atoms with E-state index in [9.17, 15) is 4.39 Å². The van der Waals surface area contributed by atoms with Crippen LogP contribution in [-0.4, -0.2) is 9.78 Å². The first-order valence-electron chi connectivity index (χ1n) is 6.09. The van der Waals surface area contributed by atoms with Gasteiger partial charge in [-0.3, -0.25) is 4.68 Å². The van der Waals surface area contributed by atoms with Gasteiger partial charge in [-0.05, 0) is 54.9 Å². The number of hydrogen-bond acceptors (Lipinski definition) is 2. The average Bonchev–Trinajstić information content (AvgIpc) is 2.79. The summed E-state index contributed by atoms with van der Waals surface area (Å²) in [6.07, 6.45) is 3.83. The second-order valence-corrected chi connectivity index (χ2v) is 6.30. The van der Waals surface area contributed by atoms with Crippen molar-refractivity contribution in [1.82, 2.24) is 9.78 Å². The summed E-state index contributed by atoms with van der Waals surface area (Å²) >= 11 is 3.13. The topological polar surface area (TPSA) is 29.9 Å². The van der Waals surface area contributed by atoms with E-state index in [-0.39, 0.29) is 11.4 Å². The number of aromatic nitrogens is 2. The van der Waals surface area contributed by atoms with Crippen molar-refractivity contribution in [3.63, 3.8) is 0 Å². The molecular formula is C14H17BrFN3. The van der Waals surface area contributed by atoms with E-state index in [1.807, 2.05) is 23.1 Å². The monoisotopic (exact) mass is 325 g/mol. The quantitative estimate of drug-likeness (QED) is 0.918. The fourth-order valence-electron chi connectivity index (χ4n) is 1.63. The zero-order valence-electron chi connectivity index (χ0n) is 11.2. The highest BCUT2D eigenvalue weighted by molar-refractivity contribution is 9.10. The molecule has 0 spiro atoms. The first-order valence-corrected chi connectivity index (χ1v) is 6.88. The molecule has 0 saturated heterocycles. The van der Waals surface area contributed by atoms with Crippen molar-refractivity contribution in [2.45, 2.75) is 32.9 Å². The molecule has 0 radical (unpaired) electrons. The first kappa shape index (κ1) is 14.1. The fourth-order valence-corrected chi connectivity index (χ4v) is 1.88. The Kier molecular flexibility index (Phi) is 3.94. The van der Waals surface area contributed by atoms with E-state index < -0.39 is 0 Å². The van der Waals surface area contributed by atoms with E-state index >= 15 is 0 Å². The predicted molar refractivity (Wildman–Crippen MR) is 78.6 cm³/mol. The summed E-state index contributed by atoms with van der Waals surface area (Å²) in [7, 11) is 0. The highest BCUT2D eigenvalue weighted by Crippen LogP contribution is 2.20. The van der Waals surface area contributed by atoms with Crippen molar-refractivity contribution in [2.75, 3.05) is 5.32 Å². The number of hydrogen-bond donors (Lipinski definition) is 1. The van der Waals surface area contributed by atoms with Crippen LogP contribution in [0, 0.1) is 5.82 Å². The Morgan fingerprint density at radius 1 is 1.37 bits per heavy atom. The van der Waals surface area contributed by atoms with Crippen LogP contribution in [0.3, 0.4) is 0 Å². The molecule has 19 heavy (non-hydrogen) atoms. The van der Waals surface area contributed by atoms with Gasteiger partial charge in [-0.1, -0.05) is 0 Å². The molecule has 1 aromatic carbocycles. The lowest BCUT2D eigenvalue weighted by atomic mass is 10.1. The number of anilines is 1. The summed E-state index contributed by atoms with van der Waals surface area (Å²) in [6.45, 7) is 6.92. The zero-order chi connectivity index (χ0) is 14.0. The van der Waals surface area contributed by atoms with Crippen molar-refractivity contribution in [3.05, 3.63) is 46.4 Å². The summed E-state index contributed by atoms with van der Waals surface area (Å²) < 4.78 is 15.8. The van der Waals surface area contributed by atoms with Crippen LogP contribution >= 0.6 is 15.9 Å². The lowest BCUT2D eigenvalue weighted by Crippen LogP contribution is -2.21. The Morgan fingerprint density at radius 2 is 2.11 bits per heavy atom. The summed E-state index contributed by atoms with van der Waals surface area (Å²) in [6, 6.07) is 5.00. The third-order valence-electron chi connectivity index (χ3n) is 2.74. The van der Waals surface area contributed by atoms with Gasteiger partial charge >= 0.3 is 0 Å². The number of halogens is 2. The van der Waals surface area contributed by atoms with E-state index in [0.29, 0.717) is 11.0 Å². The number of nitrogens with zero attached hydrogens (tertiary/aromatic N) is 2. The summed E-state index contributed by atoms with van der Waals surface area (Å²) in [5, 5.41) is 7.51. The normalized spacial score (nSPS) is 11.6. The van der Waals surface area contributed by atoms with Gasteiger partial charge < -0.3 is 5.32 Å². The van der Waals surface area contributed by atoms with Crippen LogP contribution in [0.5, 0.6) is 0 Å². The minimum Gasteiger partial charge on any atom is -0.381 e. The molecule has 0 saturated carbocycles. The Hall–Kier alpha value is -1.36. The molecule has 0 aliphatic heterocycles. The van der Waals surface area contributed by atoms with Gasteiger partial charge in [0.1, 0.15) is 5.82 Å². The Balaban J connectivity index is 2.02. The van der Waals surface area contributed by atoms with Crippen molar-refractivity contribution in [2.24, 2.45) is 0 Å².